The van der Waals surface area contributed by atoms with Gasteiger partial charge < -0.3 is 34.9 Å². The Morgan fingerprint density at radius 2 is 1.76 bits per heavy atom. The first-order valence-electron chi connectivity index (χ1n) is 13.8. The van der Waals surface area contributed by atoms with Crippen LogP contribution in [-0.2, 0) is 0 Å². The molecule has 1 aromatic heterocycles. The predicted molar refractivity (Wildman–Crippen MR) is 159 cm³/mol. The van der Waals surface area contributed by atoms with Gasteiger partial charge in [0.2, 0.25) is 0 Å². The van der Waals surface area contributed by atoms with Gasteiger partial charge in [0.25, 0.3) is 11.8 Å². The van der Waals surface area contributed by atoms with E-state index in [9.17, 15) is 19.1 Å². The van der Waals surface area contributed by atoms with Crippen molar-refractivity contribution in [2.24, 2.45) is 0 Å². The van der Waals surface area contributed by atoms with Crippen LogP contribution >= 0.6 is 11.3 Å². The number of amides is 2. The number of carbonyl (C=O) groups is 2. The van der Waals surface area contributed by atoms with E-state index >= 15 is 0 Å². The van der Waals surface area contributed by atoms with E-state index in [0.29, 0.717) is 53.1 Å². The fraction of sp³-hybridized carbons (Fsp3) is 0.290. The van der Waals surface area contributed by atoms with Crippen LogP contribution in [0, 0.1) is 5.82 Å². The van der Waals surface area contributed by atoms with Crippen molar-refractivity contribution < 1.29 is 33.3 Å². The summed E-state index contributed by atoms with van der Waals surface area (Å²) in [5.41, 5.74) is 0.606. The second-order valence-electron chi connectivity index (χ2n) is 10.2. The minimum absolute atomic E-state index is 0.0616. The van der Waals surface area contributed by atoms with Gasteiger partial charge in [-0.2, -0.15) is 0 Å². The van der Waals surface area contributed by atoms with Gasteiger partial charge in [-0.25, -0.2) is 4.39 Å². The van der Waals surface area contributed by atoms with Crippen molar-refractivity contribution in [3.8, 4) is 17.2 Å². The number of fused-ring (bicyclic) bond motifs is 2. The molecule has 11 heteroatoms. The minimum atomic E-state index is -0.634. The molecule has 0 radical (unpaired) electrons. The molecule has 1 unspecified atom stereocenters. The number of hydrogen-bond donors (Lipinski definition) is 3. The molecule has 1 saturated heterocycles. The van der Waals surface area contributed by atoms with Crippen molar-refractivity contribution in [2.75, 3.05) is 50.1 Å². The zero-order valence-electron chi connectivity index (χ0n) is 22.7. The van der Waals surface area contributed by atoms with Crippen LogP contribution in [0.3, 0.4) is 0 Å². The SMILES string of the molecule is O=C(Nc1ccc(F)c(NC(=O)c2cc3ccc(OCC(O)CN4CCCC4)cc3s2)c1)c1ccc2c(c1)OCCO2. The third-order valence-electron chi connectivity index (χ3n) is 7.10. The highest BCUT2D eigenvalue weighted by Gasteiger charge is 2.19. The maximum Gasteiger partial charge on any atom is 0.265 e. The number of benzene rings is 3. The largest absolute Gasteiger partial charge is 0.491 e. The van der Waals surface area contributed by atoms with E-state index in [1.807, 2.05) is 12.1 Å². The van der Waals surface area contributed by atoms with Gasteiger partial charge in [-0.15, -0.1) is 11.3 Å². The highest BCUT2D eigenvalue weighted by molar-refractivity contribution is 7.20. The smallest absolute Gasteiger partial charge is 0.265 e. The molecular formula is C31H30FN3O6S. The summed E-state index contributed by atoms with van der Waals surface area (Å²) < 4.78 is 32.3. The quantitative estimate of drug-likeness (QED) is 0.247. The lowest BCUT2D eigenvalue weighted by Crippen LogP contribution is -2.33. The number of aliphatic hydroxyl groups excluding tert-OH is 1. The average molecular weight is 592 g/mol. The van der Waals surface area contributed by atoms with Crippen LogP contribution in [0.15, 0.2) is 60.7 Å². The lowest BCUT2D eigenvalue weighted by molar-refractivity contribution is 0.0759. The zero-order chi connectivity index (χ0) is 29.1. The molecule has 0 spiro atoms. The van der Waals surface area contributed by atoms with Gasteiger partial charge in [0.1, 0.15) is 37.5 Å². The summed E-state index contributed by atoms with van der Waals surface area (Å²) in [7, 11) is 0. The highest BCUT2D eigenvalue weighted by Crippen LogP contribution is 2.32. The summed E-state index contributed by atoms with van der Waals surface area (Å²) in [6, 6.07) is 16.0. The fourth-order valence-corrected chi connectivity index (χ4v) is 5.98. The Labute approximate surface area is 245 Å². The van der Waals surface area contributed by atoms with Crippen LogP contribution < -0.4 is 24.8 Å². The number of carbonyl (C=O) groups excluding carboxylic acids is 2. The summed E-state index contributed by atoms with van der Waals surface area (Å²) in [6.45, 7) is 3.63. The van der Waals surface area contributed by atoms with Crippen LogP contribution in [0.2, 0.25) is 0 Å². The van der Waals surface area contributed by atoms with Crippen molar-refractivity contribution in [1.29, 1.82) is 0 Å². The lowest BCUT2D eigenvalue weighted by Gasteiger charge is -2.19. The topological polar surface area (TPSA) is 109 Å². The van der Waals surface area contributed by atoms with Crippen LogP contribution in [0.5, 0.6) is 17.2 Å². The molecule has 0 bridgehead atoms. The van der Waals surface area contributed by atoms with Gasteiger partial charge in [-0.3, -0.25) is 9.59 Å². The number of halogens is 1. The van der Waals surface area contributed by atoms with Crippen LogP contribution in [0.1, 0.15) is 32.9 Å². The predicted octanol–water partition coefficient (Wildman–Crippen LogP) is 5.15. The van der Waals surface area contributed by atoms with Crippen LogP contribution in [-0.4, -0.2) is 67.4 Å². The molecule has 6 rings (SSSR count). The molecule has 0 aliphatic carbocycles. The molecule has 42 heavy (non-hydrogen) atoms. The Kier molecular flexibility index (Phi) is 8.22. The van der Waals surface area contributed by atoms with Gasteiger partial charge in [-0.1, -0.05) is 0 Å². The number of hydrogen-bond acceptors (Lipinski definition) is 8. The summed E-state index contributed by atoms with van der Waals surface area (Å²) in [5, 5.41) is 16.5. The normalized spacial score (nSPS) is 15.4. The maximum atomic E-state index is 14.6. The fourth-order valence-electron chi connectivity index (χ4n) is 4.99. The van der Waals surface area contributed by atoms with Crippen molar-refractivity contribution in [1.82, 2.24) is 4.90 Å². The first kappa shape index (κ1) is 28.0. The molecule has 9 nitrogen and oxygen atoms in total. The zero-order valence-corrected chi connectivity index (χ0v) is 23.5. The van der Waals surface area contributed by atoms with Gasteiger partial charge in [0, 0.05) is 22.5 Å². The number of nitrogens with one attached hydrogen (secondary N) is 2. The van der Waals surface area contributed by atoms with Crippen molar-refractivity contribution in [3.05, 3.63) is 76.9 Å². The third kappa shape index (κ3) is 6.48. The standard InChI is InChI=1S/C31H30FN3O6S/c32-24-7-5-21(33-30(37)20-4-8-26-27(13-20)40-12-11-39-26)15-25(24)34-31(38)29-14-19-3-6-23(16-28(19)42-29)41-18-22(36)17-35-9-1-2-10-35/h3-8,13-16,22,36H,1-2,9-12,17-18H2,(H,33,37)(H,34,38). The maximum absolute atomic E-state index is 14.6. The van der Waals surface area contributed by atoms with Gasteiger partial charge in [0.15, 0.2) is 11.5 Å². The molecule has 4 aromatic rings. The van der Waals surface area contributed by atoms with Crippen LogP contribution in [0.25, 0.3) is 10.1 Å². The van der Waals surface area contributed by atoms with Crippen molar-refractivity contribution in [2.45, 2.75) is 18.9 Å². The first-order chi connectivity index (χ1) is 20.4. The van der Waals surface area contributed by atoms with E-state index in [-0.39, 0.29) is 12.3 Å². The number of ether oxygens (including phenoxy) is 3. The van der Waals surface area contributed by atoms with Crippen molar-refractivity contribution >= 4 is 44.6 Å². The Hall–Kier alpha value is -4.19. The molecule has 2 amide bonds. The van der Waals surface area contributed by atoms with E-state index in [1.165, 1.54) is 29.5 Å². The number of nitrogens with zero attached hydrogens (tertiary/aromatic N) is 1. The van der Waals surface area contributed by atoms with Gasteiger partial charge >= 0.3 is 0 Å². The number of likely N-dealkylation sites (tertiary alicyclic amines) is 1. The summed E-state index contributed by atoms with van der Waals surface area (Å²) in [5.74, 6) is 0.129. The van der Waals surface area contributed by atoms with E-state index < -0.39 is 23.7 Å². The van der Waals surface area contributed by atoms with E-state index in [1.54, 1.807) is 30.3 Å². The minimum Gasteiger partial charge on any atom is -0.491 e. The summed E-state index contributed by atoms with van der Waals surface area (Å²) in [6.07, 6.45) is 1.74. The van der Waals surface area contributed by atoms with Crippen LogP contribution in [0.4, 0.5) is 15.8 Å². The average Bonchev–Trinajstić information content (AvgIpc) is 3.67. The molecule has 0 saturated carbocycles. The Balaban J connectivity index is 1.09. The second kappa shape index (κ2) is 12.4. The molecule has 218 valence electrons. The molecule has 2 aliphatic rings. The second-order valence-corrected chi connectivity index (χ2v) is 11.3. The Bertz CT molecular complexity index is 1620. The van der Waals surface area contributed by atoms with E-state index in [4.69, 9.17) is 14.2 Å². The third-order valence-corrected chi connectivity index (χ3v) is 8.20. The molecule has 1 atom stereocenters. The first-order valence-corrected chi connectivity index (χ1v) is 14.6. The van der Waals surface area contributed by atoms with Gasteiger partial charge in [0.05, 0.1) is 10.6 Å². The monoisotopic (exact) mass is 591 g/mol. The molecule has 2 aliphatic heterocycles. The Morgan fingerprint density at radius 3 is 2.60 bits per heavy atom. The lowest BCUT2D eigenvalue weighted by atomic mass is 10.1. The highest BCUT2D eigenvalue weighted by atomic mass is 32.1. The summed E-state index contributed by atoms with van der Waals surface area (Å²) >= 11 is 1.25. The number of anilines is 2. The number of β-amino-alcohol motifs (C(OH)–C–C–N with tert-alkyl or cyclic N) is 1. The number of rotatable bonds is 9. The van der Waals surface area contributed by atoms with Crippen molar-refractivity contribution in [3.63, 3.8) is 0 Å². The molecule has 3 aromatic carbocycles. The Morgan fingerprint density at radius 1 is 0.952 bits per heavy atom. The van der Waals surface area contributed by atoms with E-state index in [0.717, 1.165) is 36.0 Å². The molecule has 3 N–H and O–H groups in total. The van der Waals surface area contributed by atoms with Gasteiger partial charge in [-0.05, 0) is 92.0 Å². The number of thiophene rings is 1. The molecular weight excluding hydrogens is 561 g/mol. The molecule has 1 fully saturated rings. The number of aliphatic hydroxyl groups is 1. The molecule has 3 heterocycles. The van der Waals surface area contributed by atoms with E-state index in [2.05, 4.69) is 15.5 Å². The summed E-state index contributed by atoms with van der Waals surface area (Å²) in [4.78, 5) is 28.5.